The molecule has 0 saturated carbocycles. The molecule has 6 heteroatoms. The van der Waals surface area contributed by atoms with Crippen molar-refractivity contribution in [3.63, 3.8) is 0 Å². The van der Waals surface area contributed by atoms with Crippen molar-refractivity contribution in [1.82, 2.24) is 10.2 Å². The molecule has 0 aromatic heterocycles. The molecule has 0 aliphatic carbocycles. The summed E-state index contributed by atoms with van der Waals surface area (Å²) >= 11 is 5.90. The molecule has 174 valence electrons. The van der Waals surface area contributed by atoms with Crippen LogP contribution in [0.25, 0.3) is 0 Å². The quantitative estimate of drug-likeness (QED) is 0.425. The third-order valence-corrected chi connectivity index (χ3v) is 5.86. The van der Waals surface area contributed by atoms with Crippen LogP contribution in [0, 0.1) is 6.92 Å². The van der Waals surface area contributed by atoms with Gasteiger partial charge in [-0.2, -0.15) is 0 Å². The number of nitrogens with one attached hydrogen (secondary N) is 1. The van der Waals surface area contributed by atoms with Gasteiger partial charge in [0.15, 0.2) is 0 Å². The smallest absolute Gasteiger partial charge is 0.243 e. The maximum Gasteiger partial charge on any atom is 0.243 e. The fourth-order valence-corrected chi connectivity index (χ4v) is 3.55. The molecule has 0 fully saturated rings. The zero-order chi connectivity index (χ0) is 23.5. The molecular weight excluding hydrogens is 424 g/mol. The molecule has 2 atom stereocenters. The number of hydrogen-bond donors (Lipinski definition) is 1. The summed E-state index contributed by atoms with van der Waals surface area (Å²) in [5.74, 6) is 0.582. The first kappa shape index (κ1) is 25.7. The molecule has 0 radical (unpaired) electrons. The third-order valence-electron chi connectivity index (χ3n) is 5.61. The zero-order valence-electron chi connectivity index (χ0n) is 19.6. The van der Waals surface area contributed by atoms with Crippen LogP contribution < -0.4 is 10.1 Å². The van der Waals surface area contributed by atoms with Gasteiger partial charge in [0.2, 0.25) is 11.8 Å². The van der Waals surface area contributed by atoms with Crippen LogP contribution >= 0.6 is 11.6 Å². The van der Waals surface area contributed by atoms with Gasteiger partial charge in [0, 0.05) is 24.0 Å². The number of aryl methyl sites for hydroxylation is 1. The molecule has 1 N–H and O–H groups in total. The second-order valence-corrected chi connectivity index (χ2v) is 8.53. The fraction of sp³-hybridized carbons (Fsp3) is 0.462. The Kier molecular flexibility index (Phi) is 10.5. The van der Waals surface area contributed by atoms with Gasteiger partial charge in [-0.05, 0) is 68.5 Å². The van der Waals surface area contributed by atoms with Gasteiger partial charge in [-0.15, -0.1) is 0 Å². The summed E-state index contributed by atoms with van der Waals surface area (Å²) in [4.78, 5) is 27.9. The van der Waals surface area contributed by atoms with Crippen LogP contribution in [0.5, 0.6) is 5.75 Å². The minimum absolute atomic E-state index is 0.0425. The van der Waals surface area contributed by atoms with E-state index in [4.69, 9.17) is 16.3 Å². The lowest BCUT2D eigenvalue weighted by Gasteiger charge is -2.32. The monoisotopic (exact) mass is 458 g/mol. The van der Waals surface area contributed by atoms with Gasteiger partial charge in [0.25, 0.3) is 0 Å². The van der Waals surface area contributed by atoms with Crippen molar-refractivity contribution in [2.45, 2.75) is 72.0 Å². The minimum Gasteiger partial charge on any atom is -0.494 e. The van der Waals surface area contributed by atoms with Crippen molar-refractivity contribution in [2.24, 2.45) is 0 Å². The van der Waals surface area contributed by atoms with Crippen LogP contribution in [-0.4, -0.2) is 35.4 Å². The Morgan fingerprint density at radius 3 is 2.38 bits per heavy atom. The number of rotatable bonds is 12. The number of halogens is 1. The second-order valence-electron chi connectivity index (χ2n) is 8.10. The Bertz CT molecular complexity index is 870. The first-order chi connectivity index (χ1) is 15.3. The average Bonchev–Trinajstić information content (AvgIpc) is 2.78. The SMILES string of the molecule is CC[C@H](C(=O)N[C@@H](C)CC)N(Cc1ccccc1C)C(=O)CCCOc1ccc(Cl)cc1. The van der Waals surface area contributed by atoms with Gasteiger partial charge < -0.3 is 15.0 Å². The minimum atomic E-state index is -0.506. The molecule has 2 rings (SSSR count). The molecular formula is C26H35ClN2O3. The molecule has 0 unspecified atom stereocenters. The third kappa shape index (κ3) is 7.86. The van der Waals surface area contributed by atoms with Crippen LogP contribution in [-0.2, 0) is 16.1 Å². The fourth-order valence-electron chi connectivity index (χ4n) is 3.42. The summed E-state index contributed by atoms with van der Waals surface area (Å²) in [6.45, 7) is 8.81. The van der Waals surface area contributed by atoms with Crippen molar-refractivity contribution < 1.29 is 14.3 Å². The topological polar surface area (TPSA) is 58.6 Å². The summed E-state index contributed by atoms with van der Waals surface area (Å²) in [6, 6.07) is 14.7. The molecule has 0 saturated heterocycles. The van der Waals surface area contributed by atoms with E-state index in [-0.39, 0.29) is 17.9 Å². The Morgan fingerprint density at radius 2 is 1.75 bits per heavy atom. The van der Waals surface area contributed by atoms with E-state index in [1.807, 2.05) is 52.0 Å². The van der Waals surface area contributed by atoms with Crippen molar-refractivity contribution in [2.75, 3.05) is 6.61 Å². The lowest BCUT2D eigenvalue weighted by atomic mass is 10.0. The van der Waals surface area contributed by atoms with E-state index in [9.17, 15) is 9.59 Å². The molecule has 0 spiro atoms. The van der Waals surface area contributed by atoms with E-state index < -0.39 is 6.04 Å². The molecule has 2 amide bonds. The Hall–Kier alpha value is -2.53. The number of amides is 2. The van der Waals surface area contributed by atoms with Crippen LogP contribution in [0.4, 0.5) is 0 Å². The number of ether oxygens (including phenoxy) is 1. The van der Waals surface area contributed by atoms with E-state index >= 15 is 0 Å². The van der Waals surface area contributed by atoms with Gasteiger partial charge in [-0.3, -0.25) is 9.59 Å². The average molecular weight is 459 g/mol. The number of nitrogens with zero attached hydrogens (tertiary/aromatic N) is 1. The zero-order valence-corrected chi connectivity index (χ0v) is 20.3. The number of carbonyl (C=O) groups is 2. The van der Waals surface area contributed by atoms with E-state index in [0.29, 0.717) is 37.4 Å². The highest BCUT2D eigenvalue weighted by Gasteiger charge is 2.29. The Balaban J connectivity index is 2.07. The highest BCUT2D eigenvalue weighted by Crippen LogP contribution is 2.18. The van der Waals surface area contributed by atoms with E-state index in [2.05, 4.69) is 5.32 Å². The molecule has 0 aliphatic heterocycles. The van der Waals surface area contributed by atoms with Crippen molar-refractivity contribution in [3.8, 4) is 5.75 Å². The molecule has 32 heavy (non-hydrogen) atoms. The van der Waals surface area contributed by atoms with Crippen LogP contribution in [0.1, 0.15) is 57.6 Å². The number of hydrogen-bond acceptors (Lipinski definition) is 3. The maximum absolute atomic E-state index is 13.2. The molecule has 0 heterocycles. The summed E-state index contributed by atoms with van der Waals surface area (Å²) in [5.41, 5.74) is 2.15. The summed E-state index contributed by atoms with van der Waals surface area (Å²) < 4.78 is 5.72. The first-order valence-electron chi connectivity index (χ1n) is 11.4. The van der Waals surface area contributed by atoms with E-state index in [1.165, 1.54) is 0 Å². The maximum atomic E-state index is 13.2. The highest BCUT2D eigenvalue weighted by molar-refractivity contribution is 6.30. The predicted octanol–water partition coefficient (Wildman–Crippen LogP) is 5.53. The second kappa shape index (κ2) is 13.1. The molecule has 2 aromatic rings. The predicted molar refractivity (Wildman–Crippen MR) is 130 cm³/mol. The normalized spacial score (nSPS) is 12.7. The van der Waals surface area contributed by atoms with Gasteiger partial charge in [-0.25, -0.2) is 0 Å². The number of carbonyl (C=O) groups excluding carboxylic acids is 2. The molecule has 2 aromatic carbocycles. The van der Waals surface area contributed by atoms with E-state index in [0.717, 1.165) is 23.3 Å². The molecule has 0 aliphatic rings. The molecule has 0 bridgehead atoms. The first-order valence-corrected chi connectivity index (χ1v) is 11.8. The van der Waals surface area contributed by atoms with Crippen LogP contribution in [0.2, 0.25) is 5.02 Å². The summed E-state index contributed by atoms with van der Waals surface area (Å²) in [7, 11) is 0. The van der Waals surface area contributed by atoms with Gasteiger partial charge >= 0.3 is 0 Å². The van der Waals surface area contributed by atoms with Crippen LogP contribution in [0.15, 0.2) is 48.5 Å². The van der Waals surface area contributed by atoms with E-state index in [1.54, 1.807) is 29.2 Å². The highest BCUT2D eigenvalue weighted by atomic mass is 35.5. The van der Waals surface area contributed by atoms with Gasteiger partial charge in [0.05, 0.1) is 6.61 Å². The Morgan fingerprint density at radius 1 is 1.06 bits per heavy atom. The number of benzene rings is 2. The summed E-state index contributed by atoms with van der Waals surface area (Å²) in [6.07, 6.45) is 2.28. The van der Waals surface area contributed by atoms with Crippen molar-refractivity contribution >= 4 is 23.4 Å². The van der Waals surface area contributed by atoms with Gasteiger partial charge in [-0.1, -0.05) is 49.7 Å². The van der Waals surface area contributed by atoms with Crippen molar-refractivity contribution in [3.05, 3.63) is 64.7 Å². The largest absolute Gasteiger partial charge is 0.494 e. The Labute approximate surface area is 197 Å². The summed E-state index contributed by atoms with van der Waals surface area (Å²) in [5, 5.41) is 3.69. The lowest BCUT2D eigenvalue weighted by molar-refractivity contribution is -0.141. The van der Waals surface area contributed by atoms with Crippen molar-refractivity contribution in [1.29, 1.82) is 0 Å². The van der Waals surface area contributed by atoms with Gasteiger partial charge in [0.1, 0.15) is 11.8 Å². The standard InChI is InChI=1S/C26H35ClN2O3/c1-5-20(4)28-26(31)24(6-2)29(18-21-11-8-7-10-19(21)3)25(30)12-9-17-32-23-15-13-22(27)14-16-23/h7-8,10-11,13-16,20,24H,5-6,9,12,17-18H2,1-4H3,(H,28,31)/t20-,24+/m0/s1. The molecule has 5 nitrogen and oxygen atoms in total. The van der Waals surface area contributed by atoms with Crippen LogP contribution in [0.3, 0.4) is 0 Å². The lowest BCUT2D eigenvalue weighted by Crippen LogP contribution is -2.50.